The summed E-state index contributed by atoms with van der Waals surface area (Å²) >= 11 is 0. The number of hydrogen-bond donors (Lipinski definition) is 2. The fraction of sp³-hybridized carbons (Fsp3) is 0.727. The zero-order valence-electron chi connectivity index (χ0n) is 8.47. The van der Waals surface area contributed by atoms with E-state index in [1.54, 1.807) is 5.56 Å². The normalized spacial score (nSPS) is 26.4. The van der Waals surface area contributed by atoms with E-state index >= 15 is 0 Å². The Kier molecular flexibility index (Phi) is 2.05. The third-order valence-electron chi connectivity index (χ3n) is 3.52. The summed E-state index contributed by atoms with van der Waals surface area (Å²) in [7, 11) is 0. The molecule has 1 fully saturated rings. The molecule has 1 aromatic heterocycles. The lowest BCUT2D eigenvalue weighted by Crippen LogP contribution is -2.29. The molecule has 3 rings (SSSR count). The number of piperidine rings is 1. The fourth-order valence-electron chi connectivity index (χ4n) is 2.77. The van der Waals surface area contributed by atoms with Gasteiger partial charge < -0.3 is 5.32 Å². The van der Waals surface area contributed by atoms with Gasteiger partial charge in [0.25, 0.3) is 0 Å². The Morgan fingerprint density at radius 3 is 3.07 bits per heavy atom. The third-order valence-corrected chi connectivity index (χ3v) is 3.52. The van der Waals surface area contributed by atoms with Crippen molar-refractivity contribution in [1.82, 2.24) is 15.5 Å². The van der Waals surface area contributed by atoms with Crippen molar-refractivity contribution >= 4 is 0 Å². The first kappa shape index (κ1) is 8.48. The molecule has 2 heterocycles. The van der Waals surface area contributed by atoms with Gasteiger partial charge in [-0.15, -0.1) is 0 Å². The van der Waals surface area contributed by atoms with Gasteiger partial charge in [0.1, 0.15) is 0 Å². The first-order valence-corrected chi connectivity index (χ1v) is 5.72. The molecule has 14 heavy (non-hydrogen) atoms. The SMILES string of the molecule is C1Cc2[nH]nc(C3CCCNC3)c2C1. The maximum absolute atomic E-state index is 4.50. The molecule has 1 aromatic rings. The summed E-state index contributed by atoms with van der Waals surface area (Å²) in [5.74, 6) is 0.668. The summed E-state index contributed by atoms with van der Waals surface area (Å²) in [6.07, 6.45) is 6.38. The Labute approximate surface area is 84.3 Å². The topological polar surface area (TPSA) is 40.7 Å². The van der Waals surface area contributed by atoms with Crippen LogP contribution >= 0.6 is 0 Å². The van der Waals surface area contributed by atoms with Crippen molar-refractivity contribution in [3.8, 4) is 0 Å². The van der Waals surface area contributed by atoms with Gasteiger partial charge in [0.2, 0.25) is 0 Å². The number of aromatic nitrogens is 2. The van der Waals surface area contributed by atoms with E-state index in [1.807, 2.05) is 0 Å². The van der Waals surface area contributed by atoms with Crippen molar-refractivity contribution in [2.45, 2.75) is 38.0 Å². The molecule has 1 saturated heterocycles. The highest BCUT2D eigenvalue weighted by Crippen LogP contribution is 2.30. The Bertz CT molecular complexity index is 323. The maximum Gasteiger partial charge on any atom is 0.0700 e. The Morgan fingerprint density at radius 2 is 2.21 bits per heavy atom. The van der Waals surface area contributed by atoms with Crippen LogP contribution in [0.25, 0.3) is 0 Å². The molecule has 1 aliphatic carbocycles. The molecule has 2 aliphatic rings. The molecule has 0 aromatic carbocycles. The van der Waals surface area contributed by atoms with Gasteiger partial charge in [0.15, 0.2) is 0 Å². The summed E-state index contributed by atoms with van der Waals surface area (Å²) in [6.45, 7) is 2.31. The number of aryl methyl sites for hydroxylation is 1. The van der Waals surface area contributed by atoms with Gasteiger partial charge >= 0.3 is 0 Å². The molecule has 0 bridgehead atoms. The van der Waals surface area contributed by atoms with Gasteiger partial charge in [-0.3, -0.25) is 5.10 Å². The molecule has 1 unspecified atom stereocenters. The van der Waals surface area contributed by atoms with Gasteiger partial charge in [-0.05, 0) is 44.2 Å². The van der Waals surface area contributed by atoms with E-state index in [1.165, 1.54) is 50.0 Å². The summed E-state index contributed by atoms with van der Waals surface area (Å²) in [6, 6.07) is 0. The highest BCUT2D eigenvalue weighted by atomic mass is 15.1. The van der Waals surface area contributed by atoms with Crippen molar-refractivity contribution in [1.29, 1.82) is 0 Å². The molecule has 0 radical (unpaired) electrons. The van der Waals surface area contributed by atoms with Gasteiger partial charge in [-0.2, -0.15) is 5.10 Å². The first-order valence-electron chi connectivity index (χ1n) is 5.72. The second-order valence-corrected chi connectivity index (χ2v) is 4.46. The standard InChI is InChI=1S/C11H17N3/c1-4-9-10(5-1)13-14-11(9)8-3-2-6-12-7-8/h8,12H,1-7H2,(H,13,14). The number of aromatic amines is 1. The van der Waals surface area contributed by atoms with Crippen LogP contribution < -0.4 is 5.32 Å². The van der Waals surface area contributed by atoms with Crippen LogP contribution in [0.2, 0.25) is 0 Å². The molecule has 0 amide bonds. The minimum atomic E-state index is 0.668. The number of hydrogen-bond acceptors (Lipinski definition) is 2. The zero-order chi connectivity index (χ0) is 9.38. The monoisotopic (exact) mass is 191 g/mol. The van der Waals surface area contributed by atoms with E-state index in [0.717, 1.165) is 6.54 Å². The lowest BCUT2D eigenvalue weighted by atomic mass is 9.93. The van der Waals surface area contributed by atoms with Crippen LogP contribution in [0, 0.1) is 0 Å². The number of H-pyrrole nitrogens is 1. The van der Waals surface area contributed by atoms with Gasteiger partial charge in [0.05, 0.1) is 5.69 Å². The number of rotatable bonds is 1. The predicted molar refractivity (Wildman–Crippen MR) is 55.5 cm³/mol. The first-order chi connectivity index (χ1) is 6.95. The fourth-order valence-corrected chi connectivity index (χ4v) is 2.77. The molecule has 0 saturated carbocycles. The van der Waals surface area contributed by atoms with Crippen LogP contribution in [-0.4, -0.2) is 23.3 Å². The summed E-state index contributed by atoms with van der Waals surface area (Å²) in [4.78, 5) is 0. The molecule has 0 spiro atoms. The minimum absolute atomic E-state index is 0.668. The predicted octanol–water partition coefficient (Wildman–Crippen LogP) is 1.37. The lowest BCUT2D eigenvalue weighted by Gasteiger charge is -2.21. The average Bonchev–Trinajstić information content (AvgIpc) is 2.79. The molecule has 1 atom stereocenters. The highest BCUT2D eigenvalue weighted by molar-refractivity contribution is 5.32. The van der Waals surface area contributed by atoms with E-state index in [0.29, 0.717) is 5.92 Å². The number of fused-ring (bicyclic) bond motifs is 1. The van der Waals surface area contributed by atoms with Crippen LogP contribution in [0.4, 0.5) is 0 Å². The summed E-state index contributed by atoms with van der Waals surface area (Å²) < 4.78 is 0. The van der Waals surface area contributed by atoms with Crippen LogP contribution in [0.5, 0.6) is 0 Å². The molecule has 1 aliphatic heterocycles. The molecular weight excluding hydrogens is 174 g/mol. The minimum Gasteiger partial charge on any atom is -0.316 e. The summed E-state index contributed by atoms with van der Waals surface area (Å²) in [5, 5.41) is 11.2. The van der Waals surface area contributed by atoms with Crippen LogP contribution in [0.3, 0.4) is 0 Å². The maximum atomic E-state index is 4.50. The average molecular weight is 191 g/mol. The van der Waals surface area contributed by atoms with Crippen LogP contribution in [0.15, 0.2) is 0 Å². The van der Waals surface area contributed by atoms with Crippen molar-refractivity contribution in [2.24, 2.45) is 0 Å². The van der Waals surface area contributed by atoms with E-state index < -0.39 is 0 Å². The van der Waals surface area contributed by atoms with Crippen molar-refractivity contribution in [2.75, 3.05) is 13.1 Å². The smallest absolute Gasteiger partial charge is 0.0700 e. The Hall–Kier alpha value is -0.830. The highest BCUT2D eigenvalue weighted by Gasteiger charge is 2.25. The van der Waals surface area contributed by atoms with Crippen molar-refractivity contribution in [3.63, 3.8) is 0 Å². The van der Waals surface area contributed by atoms with Crippen LogP contribution in [-0.2, 0) is 12.8 Å². The summed E-state index contributed by atoms with van der Waals surface area (Å²) in [5.41, 5.74) is 4.31. The van der Waals surface area contributed by atoms with Gasteiger partial charge in [-0.1, -0.05) is 0 Å². The van der Waals surface area contributed by atoms with Gasteiger partial charge in [-0.25, -0.2) is 0 Å². The second kappa shape index (κ2) is 3.39. The Balaban J connectivity index is 1.88. The van der Waals surface area contributed by atoms with E-state index in [2.05, 4.69) is 15.5 Å². The molecular formula is C11H17N3. The number of nitrogens with zero attached hydrogens (tertiary/aromatic N) is 1. The van der Waals surface area contributed by atoms with E-state index in [-0.39, 0.29) is 0 Å². The quantitative estimate of drug-likeness (QED) is 0.703. The van der Waals surface area contributed by atoms with Crippen molar-refractivity contribution in [3.05, 3.63) is 17.0 Å². The molecule has 3 heteroatoms. The van der Waals surface area contributed by atoms with E-state index in [4.69, 9.17) is 0 Å². The lowest BCUT2D eigenvalue weighted by molar-refractivity contribution is 0.452. The van der Waals surface area contributed by atoms with Crippen LogP contribution in [0.1, 0.15) is 42.1 Å². The largest absolute Gasteiger partial charge is 0.316 e. The van der Waals surface area contributed by atoms with Crippen molar-refractivity contribution < 1.29 is 0 Å². The number of nitrogens with one attached hydrogen (secondary N) is 2. The van der Waals surface area contributed by atoms with Gasteiger partial charge in [0, 0.05) is 18.2 Å². The molecule has 76 valence electrons. The Morgan fingerprint density at radius 1 is 1.21 bits per heavy atom. The van der Waals surface area contributed by atoms with E-state index in [9.17, 15) is 0 Å². The second-order valence-electron chi connectivity index (χ2n) is 4.46. The molecule has 2 N–H and O–H groups in total. The third kappa shape index (κ3) is 1.27. The molecule has 3 nitrogen and oxygen atoms in total. The zero-order valence-corrected chi connectivity index (χ0v) is 8.47.